The van der Waals surface area contributed by atoms with E-state index in [0.29, 0.717) is 25.5 Å². The van der Waals surface area contributed by atoms with Gasteiger partial charge in [0.2, 0.25) is 11.9 Å². The van der Waals surface area contributed by atoms with Gasteiger partial charge in [0.05, 0.1) is 6.61 Å². The first kappa shape index (κ1) is 15.7. The summed E-state index contributed by atoms with van der Waals surface area (Å²) in [7, 11) is 5.53. The number of ether oxygens (including phenoxy) is 1. The topological polar surface area (TPSA) is 58.6 Å². The number of rotatable bonds is 6. The van der Waals surface area contributed by atoms with Crippen LogP contribution in [0.1, 0.15) is 17.8 Å². The van der Waals surface area contributed by atoms with E-state index in [0.717, 1.165) is 30.3 Å². The highest BCUT2D eigenvalue weighted by atomic mass is 16.5. The lowest BCUT2D eigenvalue weighted by atomic mass is 10.0. The zero-order chi connectivity index (χ0) is 15.4. The Balaban J connectivity index is 2.01. The van der Waals surface area contributed by atoms with Crippen LogP contribution >= 0.6 is 0 Å². The van der Waals surface area contributed by atoms with Gasteiger partial charge >= 0.3 is 0 Å². The number of methoxy groups -OCH3 is 1. The van der Waals surface area contributed by atoms with E-state index in [4.69, 9.17) is 4.74 Å². The molecule has 6 nitrogen and oxygen atoms in total. The van der Waals surface area contributed by atoms with Gasteiger partial charge in [-0.3, -0.25) is 4.79 Å². The van der Waals surface area contributed by atoms with E-state index >= 15 is 0 Å². The zero-order valence-corrected chi connectivity index (χ0v) is 13.3. The smallest absolute Gasteiger partial charge is 0.225 e. The summed E-state index contributed by atoms with van der Waals surface area (Å²) in [6.07, 6.45) is 1.42. The quantitative estimate of drug-likeness (QED) is 0.779. The summed E-state index contributed by atoms with van der Waals surface area (Å²) in [5.74, 6) is 1.28. The minimum atomic E-state index is 0.218. The summed E-state index contributed by atoms with van der Waals surface area (Å²) in [6.45, 7) is 4.04. The molecule has 0 aliphatic carbocycles. The van der Waals surface area contributed by atoms with E-state index in [1.165, 1.54) is 0 Å². The van der Waals surface area contributed by atoms with Crippen LogP contribution in [0.15, 0.2) is 6.07 Å². The molecule has 1 saturated heterocycles. The van der Waals surface area contributed by atoms with Gasteiger partial charge in [-0.1, -0.05) is 0 Å². The molecule has 0 aromatic carbocycles. The molecule has 2 heterocycles. The Kier molecular flexibility index (Phi) is 5.12. The number of hydrogen-bond acceptors (Lipinski definition) is 5. The lowest BCUT2D eigenvalue weighted by molar-refractivity contribution is -0.128. The van der Waals surface area contributed by atoms with Crippen LogP contribution in [0.25, 0.3) is 0 Å². The minimum Gasteiger partial charge on any atom is -0.383 e. The first-order valence-electron chi connectivity index (χ1n) is 7.28. The standard InChI is InChI=1S/C15H24N4O2/c1-11-7-13(17-15(16-11)18(2)3)8-12-9-14(20)19(10-12)5-6-21-4/h7,12H,5-6,8-10H2,1-4H3/t12-/m1/s1. The van der Waals surface area contributed by atoms with Gasteiger partial charge < -0.3 is 14.5 Å². The van der Waals surface area contributed by atoms with E-state index in [-0.39, 0.29) is 5.91 Å². The van der Waals surface area contributed by atoms with E-state index in [9.17, 15) is 4.79 Å². The summed E-state index contributed by atoms with van der Waals surface area (Å²) in [4.78, 5) is 24.7. The Morgan fingerprint density at radius 2 is 2.19 bits per heavy atom. The van der Waals surface area contributed by atoms with Crippen LogP contribution in [0.2, 0.25) is 0 Å². The summed E-state index contributed by atoms with van der Waals surface area (Å²) in [5, 5.41) is 0. The van der Waals surface area contributed by atoms with Crippen LogP contribution in [-0.4, -0.2) is 61.7 Å². The summed E-state index contributed by atoms with van der Waals surface area (Å²) < 4.78 is 5.04. The molecule has 1 fully saturated rings. The third-order valence-corrected chi connectivity index (χ3v) is 3.65. The molecule has 1 atom stereocenters. The van der Waals surface area contributed by atoms with Crippen molar-refractivity contribution in [2.24, 2.45) is 5.92 Å². The van der Waals surface area contributed by atoms with Gasteiger partial charge in [-0.15, -0.1) is 0 Å². The van der Waals surface area contributed by atoms with Crippen molar-refractivity contribution in [1.82, 2.24) is 14.9 Å². The molecule has 1 aromatic heterocycles. The van der Waals surface area contributed by atoms with Crippen molar-refractivity contribution in [3.8, 4) is 0 Å². The molecule has 0 N–H and O–H groups in total. The van der Waals surface area contributed by atoms with E-state index in [1.54, 1.807) is 7.11 Å². The number of aryl methyl sites for hydroxylation is 1. The van der Waals surface area contributed by atoms with Crippen molar-refractivity contribution in [3.63, 3.8) is 0 Å². The third-order valence-electron chi connectivity index (χ3n) is 3.65. The molecule has 0 unspecified atom stereocenters. The molecule has 0 radical (unpaired) electrons. The fraction of sp³-hybridized carbons (Fsp3) is 0.667. The van der Waals surface area contributed by atoms with E-state index in [1.807, 2.05) is 36.9 Å². The highest BCUT2D eigenvalue weighted by Crippen LogP contribution is 2.22. The number of nitrogens with zero attached hydrogens (tertiary/aromatic N) is 4. The highest BCUT2D eigenvalue weighted by molar-refractivity contribution is 5.78. The number of carbonyl (C=O) groups excluding carboxylic acids is 1. The predicted molar refractivity (Wildman–Crippen MR) is 81.4 cm³/mol. The van der Waals surface area contributed by atoms with Crippen molar-refractivity contribution >= 4 is 11.9 Å². The molecule has 1 aromatic rings. The molecule has 6 heteroatoms. The number of aromatic nitrogens is 2. The number of amides is 1. The van der Waals surface area contributed by atoms with Crippen LogP contribution in [0.5, 0.6) is 0 Å². The van der Waals surface area contributed by atoms with E-state index < -0.39 is 0 Å². The van der Waals surface area contributed by atoms with Gasteiger partial charge in [-0.25, -0.2) is 9.97 Å². The van der Waals surface area contributed by atoms with Crippen LogP contribution in [-0.2, 0) is 16.0 Å². The van der Waals surface area contributed by atoms with Crippen LogP contribution in [0.3, 0.4) is 0 Å². The molecule has 21 heavy (non-hydrogen) atoms. The van der Waals surface area contributed by atoms with Gasteiger partial charge in [0, 0.05) is 52.1 Å². The van der Waals surface area contributed by atoms with Gasteiger partial charge in [-0.2, -0.15) is 0 Å². The predicted octanol–water partition coefficient (Wildman–Crippen LogP) is 0.888. The van der Waals surface area contributed by atoms with Crippen molar-refractivity contribution in [2.75, 3.05) is 45.8 Å². The lowest BCUT2D eigenvalue weighted by Gasteiger charge is -2.16. The largest absolute Gasteiger partial charge is 0.383 e. The van der Waals surface area contributed by atoms with Crippen molar-refractivity contribution in [1.29, 1.82) is 0 Å². The maximum atomic E-state index is 12.0. The van der Waals surface area contributed by atoms with Crippen LogP contribution < -0.4 is 4.90 Å². The fourth-order valence-corrected chi connectivity index (χ4v) is 2.63. The Hall–Kier alpha value is -1.69. The SMILES string of the molecule is COCCN1C[C@H](Cc2cc(C)nc(N(C)C)n2)CC1=O. The second kappa shape index (κ2) is 6.85. The molecule has 1 amide bonds. The summed E-state index contributed by atoms with van der Waals surface area (Å²) in [6, 6.07) is 2.01. The molecular formula is C15H24N4O2. The first-order valence-corrected chi connectivity index (χ1v) is 7.28. The lowest BCUT2D eigenvalue weighted by Crippen LogP contribution is -2.29. The van der Waals surface area contributed by atoms with Crippen LogP contribution in [0, 0.1) is 12.8 Å². The summed E-state index contributed by atoms with van der Waals surface area (Å²) >= 11 is 0. The maximum absolute atomic E-state index is 12.0. The third kappa shape index (κ3) is 4.14. The summed E-state index contributed by atoms with van der Waals surface area (Å²) in [5.41, 5.74) is 1.97. The van der Waals surface area contributed by atoms with Gasteiger partial charge in [0.15, 0.2) is 0 Å². The average Bonchev–Trinajstić information content (AvgIpc) is 2.75. The molecule has 0 spiro atoms. The minimum absolute atomic E-state index is 0.218. The monoisotopic (exact) mass is 292 g/mol. The molecular weight excluding hydrogens is 268 g/mol. The first-order chi connectivity index (χ1) is 9.99. The molecule has 0 bridgehead atoms. The van der Waals surface area contributed by atoms with Crippen molar-refractivity contribution in [3.05, 3.63) is 17.5 Å². The second-order valence-electron chi connectivity index (χ2n) is 5.80. The van der Waals surface area contributed by atoms with E-state index in [2.05, 4.69) is 9.97 Å². The maximum Gasteiger partial charge on any atom is 0.225 e. The molecule has 1 aliphatic rings. The zero-order valence-electron chi connectivity index (χ0n) is 13.3. The number of carbonyl (C=O) groups is 1. The average molecular weight is 292 g/mol. The van der Waals surface area contributed by atoms with Crippen molar-refractivity contribution in [2.45, 2.75) is 19.8 Å². The number of likely N-dealkylation sites (tertiary alicyclic amines) is 1. The highest BCUT2D eigenvalue weighted by Gasteiger charge is 2.29. The fourth-order valence-electron chi connectivity index (χ4n) is 2.63. The van der Waals surface area contributed by atoms with Crippen molar-refractivity contribution < 1.29 is 9.53 Å². The molecule has 1 aliphatic heterocycles. The number of anilines is 1. The Morgan fingerprint density at radius 3 is 2.86 bits per heavy atom. The molecule has 2 rings (SSSR count). The van der Waals surface area contributed by atoms with Crippen LogP contribution in [0.4, 0.5) is 5.95 Å². The Morgan fingerprint density at radius 1 is 1.43 bits per heavy atom. The Bertz CT molecular complexity index is 504. The molecule has 116 valence electrons. The Labute approximate surface area is 126 Å². The van der Waals surface area contributed by atoms with Gasteiger partial charge in [0.1, 0.15) is 0 Å². The van der Waals surface area contributed by atoms with Gasteiger partial charge in [-0.05, 0) is 25.3 Å². The second-order valence-corrected chi connectivity index (χ2v) is 5.80. The molecule has 0 saturated carbocycles. The van der Waals surface area contributed by atoms with Gasteiger partial charge in [0.25, 0.3) is 0 Å². The number of hydrogen-bond donors (Lipinski definition) is 0. The normalized spacial score (nSPS) is 18.4.